The Morgan fingerprint density at radius 1 is 1.37 bits per heavy atom. The number of amides is 1. The van der Waals surface area contributed by atoms with E-state index < -0.39 is 0 Å². The van der Waals surface area contributed by atoms with Crippen LogP contribution in [0.25, 0.3) is 0 Å². The average molecular weight is 328 g/mol. The van der Waals surface area contributed by atoms with Crippen LogP contribution in [-0.2, 0) is 0 Å². The van der Waals surface area contributed by atoms with Gasteiger partial charge in [-0.2, -0.15) is 0 Å². The van der Waals surface area contributed by atoms with Crippen LogP contribution in [0.4, 0.5) is 0 Å². The summed E-state index contributed by atoms with van der Waals surface area (Å²) in [5.41, 5.74) is 0.426. The van der Waals surface area contributed by atoms with E-state index >= 15 is 0 Å². The lowest BCUT2D eigenvalue weighted by atomic mass is 9.95. The molecule has 0 aromatic heterocycles. The summed E-state index contributed by atoms with van der Waals surface area (Å²) >= 11 is 3.44. The van der Waals surface area contributed by atoms with E-state index in [1.165, 1.54) is 12.1 Å². The second-order valence-corrected chi connectivity index (χ2v) is 5.73. The van der Waals surface area contributed by atoms with Crippen LogP contribution in [-0.4, -0.2) is 39.4 Å². The first-order valence-corrected chi connectivity index (χ1v) is 7.61. The highest BCUT2D eigenvalue weighted by Crippen LogP contribution is 2.27. The molecule has 1 aliphatic rings. The van der Waals surface area contributed by atoms with Crippen molar-refractivity contribution in [2.75, 3.05) is 18.4 Å². The number of phenols is 2. The van der Waals surface area contributed by atoms with Gasteiger partial charge in [0, 0.05) is 24.0 Å². The fourth-order valence-corrected chi connectivity index (χ4v) is 3.13. The van der Waals surface area contributed by atoms with E-state index in [0.29, 0.717) is 11.5 Å². The molecule has 19 heavy (non-hydrogen) atoms. The van der Waals surface area contributed by atoms with Gasteiger partial charge in [-0.1, -0.05) is 15.9 Å². The molecule has 1 amide bonds. The predicted molar refractivity (Wildman–Crippen MR) is 76.8 cm³/mol. The van der Waals surface area contributed by atoms with Crippen molar-refractivity contribution in [2.45, 2.75) is 19.3 Å². The Morgan fingerprint density at radius 2 is 2.16 bits per heavy atom. The molecule has 1 unspecified atom stereocenters. The van der Waals surface area contributed by atoms with Crippen molar-refractivity contribution in [1.82, 2.24) is 4.90 Å². The van der Waals surface area contributed by atoms with Gasteiger partial charge in [-0.15, -0.1) is 0 Å². The Kier molecular flexibility index (Phi) is 4.69. The maximum absolute atomic E-state index is 12.3. The quantitative estimate of drug-likeness (QED) is 0.662. The number of hydrogen-bond acceptors (Lipinski definition) is 3. The Balaban J connectivity index is 2.08. The number of carbonyl (C=O) groups excluding carboxylic acids is 1. The molecule has 104 valence electrons. The Morgan fingerprint density at radius 3 is 2.84 bits per heavy atom. The van der Waals surface area contributed by atoms with E-state index in [1.54, 1.807) is 6.07 Å². The lowest BCUT2D eigenvalue weighted by Gasteiger charge is -2.32. The third kappa shape index (κ3) is 3.41. The van der Waals surface area contributed by atoms with Crippen molar-refractivity contribution in [3.8, 4) is 11.5 Å². The van der Waals surface area contributed by atoms with Gasteiger partial charge < -0.3 is 15.1 Å². The van der Waals surface area contributed by atoms with Gasteiger partial charge >= 0.3 is 0 Å². The number of nitrogens with zero attached hydrogens (tertiary/aromatic N) is 1. The first kappa shape index (κ1) is 14.2. The summed E-state index contributed by atoms with van der Waals surface area (Å²) in [6.07, 6.45) is 3.26. The normalized spacial score (nSPS) is 19.4. The third-order valence-electron chi connectivity index (χ3n) is 3.55. The Bertz CT molecular complexity index is 462. The topological polar surface area (TPSA) is 60.8 Å². The van der Waals surface area contributed by atoms with E-state index in [1.807, 2.05) is 4.90 Å². The van der Waals surface area contributed by atoms with Gasteiger partial charge in [-0.3, -0.25) is 4.79 Å². The summed E-state index contributed by atoms with van der Waals surface area (Å²) < 4.78 is 0. The Hall–Kier alpha value is -1.23. The van der Waals surface area contributed by atoms with E-state index in [2.05, 4.69) is 15.9 Å². The van der Waals surface area contributed by atoms with Crippen LogP contribution in [0, 0.1) is 5.92 Å². The van der Waals surface area contributed by atoms with Crippen LogP contribution < -0.4 is 0 Å². The maximum atomic E-state index is 12.3. The maximum Gasteiger partial charge on any atom is 0.254 e. The molecule has 0 bridgehead atoms. The molecule has 2 rings (SSSR count). The molecule has 1 atom stereocenters. The van der Waals surface area contributed by atoms with Crippen LogP contribution in [0.2, 0.25) is 0 Å². The molecular formula is C14H18BrNO3. The molecule has 1 aliphatic heterocycles. The molecule has 1 heterocycles. The van der Waals surface area contributed by atoms with E-state index in [-0.39, 0.29) is 17.4 Å². The van der Waals surface area contributed by atoms with Crippen molar-refractivity contribution in [2.24, 2.45) is 5.92 Å². The van der Waals surface area contributed by atoms with Crippen LogP contribution in [0.1, 0.15) is 29.6 Å². The molecular weight excluding hydrogens is 310 g/mol. The van der Waals surface area contributed by atoms with Crippen LogP contribution in [0.3, 0.4) is 0 Å². The molecule has 0 aliphatic carbocycles. The summed E-state index contributed by atoms with van der Waals surface area (Å²) in [6.45, 7) is 1.53. The monoisotopic (exact) mass is 327 g/mol. The van der Waals surface area contributed by atoms with Crippen LogP contribution >= 0.6 is 15.9 Å². The lowest BCUT2D eigenvalue weighted by molar-refractivity contribution is 0.0671. The standard InChI is InChI=1S/C14H18BrNO3/c15-6-5-10-2-1-7-16(9-10)14(19)11-3-4-12(17)13(18)8-11/h3-4,8,10,17-18H,1-2,5-7,9H2. The van der Waals surface area contributed by atoms with Crippen molar-refractivity contribution >= 4 is 21.8 Å². The van der Waals surface area contributed by atoms with Gasteiger partial charge in [-0.25, -0.2) is 0 Å². The lowest BCUT2D eigenvalue weighted by Crippen LogP contribution is -2.40. The number of aromatic hydroxyl groups is 2. The summed E-state index contributed by atoms with van der Waals surface area (Å²) in [7, 11) is 0. The molecule has 0 saturated carbocycles. The predicted octanol–water partition coefficient (Wildman–Crippen LogP) is 2.74. The number of halogens is 1. The molecule has 4 nitrogen and oxygen atoms in total. The Labute approximate surface area is 121 Å². The van der Waals surface area contributed by atoms with Gasteiger partial charge in [0.2, 0.25) is 0 Å². The summed E-state index contributed by atoms with van der Waals surface area (Å²) in [5.74, 6) is 0.0181. The number of carbonyl (C=O) groups is 1. The highest BCUT2D eigenvalue weighted by Gasteiger charge is 2.24. The molecule has 2 N–H and O–H groups in total. The largest absolute Gasteiger partial charge is 0.504 e. The van der Waals surface area contributed by atoms with Crippen LogP contribution in [0.5, 0.6) is 11.5 Å². The van der Waals surface area contributed by atoms with Gasteiger partial charge in [-0.05, 0) is 43.4 Å². The smallest absolute Gasteiger partial charge is 0.254 e. The molecule has 0 spiro atoms. The fourth-order valence-electron chi connectivity index (χ4n) is 2.48. The van der Waals surface area contributed by atoms with Crippen LogP contribution in [0.15, 0.2) is 18.2 Å². The number of likely N-dealkylation sites (tertiary alicyclic amines) is 1. The highest BCUT2D eigenvalue weighted by molar-refractivity contribution is 9.09. The van der Waals surface area contributed by atoms with Gasteiger partial charge in [0.25, 0.3) is 5.91 Å². The zero-order valence-corrected chi connectivity index (χ0v) is 12.3. The van der Waals surface area contributed by atoms with E-state index in [9.17, 15) is 15.0 Å². The van der Waals surface area contributed by atoms with Gasteiger partial charge in [0.15, 0.2) is 11.5 Å². The number of phenolic OH excluding ortho intramolecular Hbond substituents is 2. The van der Waals surface area contributed by atoms with Gasteiger partial charge in [0.05, 0.1) is 0 Å². The molecule has 1 fully saturated rings. The summed E-state index contributed by atoms with van der Waals surface area (Å²) in [6, 6.07) is 4.22. The zero-order chi connectivity index (χ0) is 13.8. The SMILES string of the molecule is O=C(c1ccc(O)c(O)c1)N1CCCC(CCBr)C1. The van der Waals surface area contributed by atoms with Crippen molar-refractivity contribution in [3.05, 3.63) is 23.8 Å². The molecule has 0 radical (unpaired) electrons. The van der Waals surface area contributed by atoms with Crippen molar-refractivity contribution < 1.29 is 15.0 Å². The van der Waals surface area contributed by atoms with Crippen molar-refractivity contribution in [3.63, 3.8) is 0 Å². The molecule has 1 saturated heterocycles. The number of piperidine rings is 1. The number of alkyl halides is 1. The third-order valence-corrected chi connectivity index (χ3v) is 4.00. The number of rotatable bonds is 3. The first-order valence-electron chi connectivity index (χ1n) is 6.49. The minimum absolute atomic E-state index is 0.0745. The molecule has 5 heteroatoms. The van der Waals surface area contributed by atoms with Gasteiger partial charge in [0.1, 0.15) is 0 Å². The number of benzene rings is 1. The fraction of sp³-hybridized carbons (Fsp3) is 0.500. The van der Waals surface area contributed by atoms with E-state index in [0.717, 1.165) is 37.7 Å². The van der Waals surface area contributed by atoms with E-state index in [4.69, 9.17) is 0 Å². The highest BCUT2D eigenvalue weighted by atomic mass is 79.9. The minimum Gasteiger partial charge on any atom is -0.504 e. The molecule has 1 aromatic rings. The second kappa shape index (κ2) is 6.28. The number of hydrogen-bond donors (Lipinski definition) is 2. The average Bonchev–Trinajstić information content (AvgIpc) is 2.42. The minimum atomic E-state index is -0.250. The first-order chi connectivity index (χ1) is 9.11. The van der Waals surface area contributed by atoms with Crippen molar-refractivity contribution in [1.29, 1.82) is 0 Å². The summed E-state index contributed by atoms with van der Waals surface area (Å²) in [5, 5.41) is 19.7. The molecule has 1 aromatic carbocycles. The second-order valence-electron chi connectivity index (χ2n) is 4.94. The zero-order valence-electron chi connectivity index (χ0n) is 10.7. The summed E-state index contributed by atoms with van der Waals surface area (Å²) in [4.78, 5) is 14.2.